The Hall–Kier alpha value is -2.19. The average Bonchev–Trinajstić information content (AvgIpc) is 3.02. The third-order valence-corrected chi connectivity index (χ3v) is 5.84. The molecule has 0 aliphatic carbocycles. The number of hydrogen-bond acceptors (Lipinski definition) is 5. The summed E-state index contributed by atoms with van der Waals surface area (Å²) >= 11 is 0. The molecule has 1 aliphatic heterocycles. The second-order valence-electron chi connectivity index (χ2n) is 6.92. The monoisotopic (exact) mass is 376 g/mol. The average molecular weight is 376 g/mol. The number of H-pyrrole nitrogens is 1. The summed E-state index contributed by atoms with van der Waals surface area (Å²) < 4.78 is 23.1. The van der Waals surface area contributed by atoms with Crippen LogP contribution in [0.15, 0.2) is 35.2 Å². The maximum Gasteiger partial charge on any atom is 0.274 e. The van der Waals surface area contributed by atoms with Gasteiger partial charge in [-0.15, -0.1) is 0 Å². The Morgan fingerprint density at radius 1 is 1.27 bits per heavy atom. The van der Waals surface area contributed by atoms with Crippen LogP contribution >= 0.6 is 0 Å². The molecule has 0 unspecified atom stereocenters. The zero-order chi connectivity index (χ0) is 18.9. The number of benzene rings is 1. The van der Waals surface area contributed by atoms with Gasteiger partial charge >= 0.3 is 0 Å². The molecule has 1 amide bonds. The van der Waals surface area contributed by atoms with Gasteiger partial charge in [0.25, 0.3) is 5.91 Å². The molecule has 7 nitrogen and oxygen atoms in total. The fraction of sp³-hybridized carbons (Fsp3) is 0.444. The molecule has 3 rings (SSSR count). The van der Waals surface area contributed by atoms with Crippen LogP contribution in [0.2, 0.25) is 0 Å². The molecular formula is C18H24N4O3S. The lowest BCUT2D eigenvalue weighted by Crippen LogP contribution is -2.53. The van der Waals surface area contributed by atoms with E-state index in [0.717, 1.165) is 24.3 Å². The third-order valence-electron chi connectivity index (χ3n) is 4.71. The van der Waals surface area contributed by atoms with E-state index in [0.29, 0.717) is 23.7 Å². The van der Waals surface area contributed by atoms with Gasteiger partial charge in [0.2, 0.25) is 0 Å². The smallest absolute Gasteiger partial charge is 0.274 e. The molecule has 1 aromatic carbocycles. The molecule has 2 heterocycles. The van der Waals surface area contributed by atoms with Crippen molar-refractivity contribution in [2.75, 3.05) is 25.9 Å². The lowest BCUT2D eigenvalue weighted by molar-refractivity contribution is 0.0490. The van der Waals surface area contributed by atoms with Gasteiger partial charge in [0, 0.05) is 44.2 Å². The summed E-state index contributed by atoms with van der Waals surface area (Å²) in [6, 6.07) is 8.98. The molecule has 1 fully saturated rings. The molecule has 140 valence electrons. The van der Waals surface area contributed by atoms with E-state index in [1.54, 1.807) is 18.2 Å². The number of sulfone groups is 1. The van der Waals surface area contributed by atoms with Gasteiger partial charge in [-0.05, 0) is 37.6 Å². The van der Waals surface area contributed by atoms with E-state index in [9.17, 15) is 13.2 Å². The predicted octanol–water partition coefficient (Wildman–Crippen LogP) is 1.47. The van der Waals surface area contributed by atoms with Crippen molar-refractivity contribution in [3.8, 4) is 0 Å². The van der Waals surface area contributed by atoms with Crippen molar-refractivity contribution in [3.63, 3.8) is 0 Å². The van der Waals surface area contributed by atoms with E-state index in [1.165, 1.54) is 6.26 Å². The van der Waals surface area contributed by atoms with Crippen LogP contribution in [-0.4, -0.2) is 66.3 Å². The highest BCUT2D eigenvalue weighted by molar-refractivity contribution is 7.90. The van der Waals surface area contributed by atoms with Crippen molar-refractivity contribution < 1.29 is 13.2 Å². The van der Waals surface area contributed by atoms with Crippen molar-refractivity contribution >= 4 is 15.7 Å². The highest BCUT2D eigenvalue weighted by Gasteiger charge is 2.28. The minimum absolute atomic E-state index is 0.0432. The Kier molecular flexibility index (Phi) is 5.15. The minimum atomic E-state index is -3.17. The van der Waals surface area contributed by atoms with Crippen molar-refractivity contribution in [1.29, 1.82) is 0 Å². The van der Waals surface area contributed by atoms with Gasteiger partial charge in [-0.2, -0.15) is 5.10 Å². The Morgan fingerprint density at radius 3 is 2.50 bits per heavy atom. The van der Waals surface area contributed by atoms with Crippen LogP contribution in [0.3, 0.4) is 0 Å². The number of carbonyl (C=O) groups excluding carboxylic acids is 1. The van der Waals surface area contributed by atoms with Gasteiger partial charge in [0.05, 0.1) is 4.90 Å². The first-order valence-electron chi connectivity index (χ1n) is 8.58. The van der Waals surface area contributed by atoms with Crippen LogP contribution in [-0.2, 0) is 16.4 Å². The standard InChI is InChI=1S/C18H24N4O3S/c1-13-10-17(20-19-13)18(23)22-9-8-21(14(2)11-22)12-15-4-6-16(7-5-15)26(3,24)25/h4-7,10,14H,8-9,11-12H2,1-3H3,(H,19,20)/t14-/m1/s1. The molecule has 1 aliphatic rings. The van der Waals surface area contributed by atoms with Crippen molar-refractivity contribution in [1.82, 2.24) is 20.0 Å². The van der Waals surface area contributed by atoms with Gasteiger partial charge in [0.1, 0.15) is 5.69 Å². The molecule has 0 spiro atoms. The van der Waals surface area contributed by atoms with E-state index >= 15 is 0 Å². The number of aryl methyl sites for hydroxylation is 1. The number of piperazine rings is 1. The number of carbonyl (C=O) groups is 1. The topological polar surface area (TPSA) is 86.4 Å². The number of nitrogens with zero attached hydrogens (tertiary/aromatic N) is 3. The van der Waals surface area contributed by atoms with Gasteiger partial charge < -0.3 is 4.90 Å². The van der Waals surface area contributed by atoms with Crippen LogP contribution in [0, 0.1) is 6.92 Å². The maximum absolute atomic E-state index is 12.5. The lowest BCUT2D eigenvalue weighted by Gasteiger charge is -2.39. The van der Waals surface area contributed by atoms with Crippen molar-refractivity contribution in [2.45, 2.75) is 31.3 Å². The summed E-state index contributed by atoms with van der Waals surface area (Å²) in [6.07, 6.45) is 1.21. The highest BCUT2D eigenvalue weighted by atomic mass is 32.2. The molecule has 2 aromatic rings. The molecule has 0 saturated carbocycles. The molecule has 0 bridgehead atoms. The first-order chi connectivity index (χ1) is 12.2. The molecule has 8 heteroatoms. The second kappa shape index (κ2) is 7.20. The summed E-state index contributed by atoms with van der Waals surface area (Å²) in [5.74, 6) is -0.0432. The Labute approximate surface area is 153 Å². The van der Waals surface area contributed by atoms with E-state index < -0.39 is 9.84 Å². The summed E-state index contributed by atoms with van der Waals surface area (Å²) in [7, 11) is -3.17. The molecule has 1 saturated heterocycles. The number of amides is 1. The van der Waals surface area contributed by atoms with Gasteiger partial charge in [-0.1, -0.05) is 12.1 Å². The number of rotatable bonds is 4. The van der Waals surface area contributed by atoms with Gasteiger partial charge in [0.15, 0.2) is 9.84 Å². The zero-order valence-corrected chi connectivity index (χ0v) is 16.1. The lowest BCUT2D eigenvalue weighted by atomic mass is 10.1. The van der Waals surface area contributed by atoms with E-state index in [-0.39, 0.29) is 11.9 Å². The van der Waals surface area contributed by atoms with E-state index in [4.69, 9.17) is 0 Å². The number of nitrogens with one attached hydrogen (secondary N) is 1. The molecule has 26 heavy (non-hydrogen) atoms. The van der Waals surface area contributed by atoms with Crippen LogP contribution < -0.4 is 0 Å². The third kappa shape index (κ3) is 4.13. The van der Waals surface area contributed by atoms with Crippen LogP contribution in [0.1, 0.15) is 28.7 Å². The van der Waals surface area contributed by atoms with E-state index in [1.807, 2.05) is 24.0 Å². The molecule has 1 aromatic heterocycles. The quantitative estimate of drug-likeness (QED) is 0.873. The maximum atomic E-state index is 12.5. The van der Waals surface area contributed by atoms with Crippen molar-refractivity contribution in [3.05, 3.63) is 47.3 Å². The minimum Gasteiger partial charge on any atom is -0.334 e. The van der Waals surface area contributed by atoms with Crippen LogP contribution in [0.25, 0.3) is 0 Å². The Morgan fingerprint density at radius 2 is 1.96 bits per heavy atom. The molecule has 1 N–H and O–H groups in total. The number of aromatic nitrogens is 2. The van der Waals surface area contributed by atoms with Gasteiger partial charge in [-0.3, -0.25) is 14.8 Å². The normalized spacial score (nSPS) is 18.9. The van der Waals surface area contributed by atoms with Crippen LogP contribution in [0.5, 0.6) is 0 Å². The summed E-state index contributed by atoms with van der Waals surface area (Å²) in [6.45, 7) is 6.76. The summed E-state index contributed by atoms with van der Waals surface area (Å²) in [5, 5.41) is 6.86. The Bertz CT molecular complexity index is 889. The SMILES string of the molecule is Cc1cc(C(=O)N2CCN(Cc3ccc(S(C)(=O)=O)cc3)[C@H](C)C2)n[nH]1. The Balaban J connectivity index is 1.61. The number of aromatic amines is 1. The van der Waals surface area contributed by atoms with Crippen molar-refractivity contribution in [2.24, 2.45) is 0 Å². The fourth-order valence-electron chi connectivity index (χ4n) is 3.18. The largest absolute Gasteiger partial charge is 0.334 e. The first-order valence-corrected chi connectivity index (χ1v) is 10.5. The highest BCUT2D eigenvalue weighted by Crippen LogP contribution is 2.17. The molecule has 0 radical (unpaired) electrons. The van der Waals surface area contributed by atoms with Crippen LogP contribution in [0.4, 0.5) is 0 Å². The predicted molar refractivity (Wildman–Crippen MR) is 98.7 cm³/mol. The molecular weight excluding hydrogens is 352 g/mol. The van der Waals surface area contributed by atoms with E-state index in [2.05, 4.69) is 22.0 Å². The molecule has 1 atom stereocenters. The first kappa shape index (κ1) is 18.6. The number of hydrogen-bond donors (Lipinski definition) is 1. The zero-order valence-electron chi connectivity index (χ0n) is 15.3. The fourth-order valence-corrected chi connectivity index (χ4v) is 3.81. The van der Waals surface area contributed by atoms with Gasteiger partial charge in [-0.25, -0.2) is 8.42 Å². The second-order valence-corrected chi connectivity index (χ2v) is 8.94. The summed E-state index contributed by atoms with van der Waals surface area (Å²) in [4.78, 5) is 17.0. The summed E-state index contributed by atoms with van der Waals surface area (Å²) in [5.41, 5.74) is 2.39.